The molecule has 0 aromatic carbocycles. The normalized spacial score (nSPS) is 11.9. The lowest BCUT2D eigenvalue weighted by Gasteiger charge is -2.07. The molecule has 0 bridgehead atoms. The molecule has 0 aliphatic heterocycles. The van der Waals surface area contributed by atoms with Crippen LogP contribution in [-0.4, -0.2) is 41.0 Å². The van der Waals surface area contributed by atoms with Crippen molar-refractivity contribution in [1.82, 2.24) is 0 Å². The first-order chi connectivity index (χ1) is 8.45. The molecular weight excluding hydrogens is 242 g/mol. The lowest BCUT2D eigenvalue weighted by atomic mass is 10.1. The van der Waals surface area contributed by atoms with E-state index in [9.17, 15) is 24.8 Å². The van der Waals surface area contributed by atoms with Gasteiger partial charge in [-0.3, -0.25) is 19.7 Å². The van der Waals surface area contributed by atoms with Crippen molar-refractivity contribution in [2.45, 2.75) is 45.1 Å². The van der Waals surface area contributed by atoms with E-state index in [4.69, 9.17) is 4.74 Å². The Hall–Kier alpha value is -1.50. The highest BCUT2D eigenvalue weighted by molar-refractivity contribution is 5.95. The van der Waals surface area contributed by atoms with Gasteiger partial charge in [0.25, 0.3) is 0 Å². The van der Waals surface area contributed by atoms with Crippen molar-refractivity contribution in [2.75, 3.05) is 13.2 Å². The van der Waals surface area contributed by atoms with Crippen molar-refractivity contribution in [2.24, 2.45) is 0 Å². The second-order valence-electron chi connectivity index (χ2n) is 3.99. The fourth-order valence-corrected chi connectivity index (χ4v) is 1.23. The zero-order valence-electron chi connectivity index (χ0n) is 10.5. The maximum Gasteiger partial charge on any atom is 0.313 e. The van der Waals surface area contributed by atoms with Crippen LogP contribution in [0.4, 0.5) is 0 Å². The van der Waals surface area contributed by atoms with Gasteiger partial charge in [-0.1, -0.05) is 13.3 Å². The van der Waals surface area contributed by atoms with Gasteiger partial charge in [0.1, 0.15) is 12.2 Å². The van der Waals surface area contributed by atoms with Gasteiger partial charge in [-0.2, -0.15) is 0 Å². The first-order valence-electron chi connectivity index (χ1n) is 5.92. The molecule has 0 aliphatic carbocycles. The van der Waals surface area contributed by atoms with Gasteiger partial charge in [0.05, 0.1) is 12.7 Å². The van der Waals surface area contributed by atoms with E-state index in [1.54, 1.807) is 0 Å². The summed E-state index contributed by atoms with van der Waals surface area (Å²) in [6.45, 7) is 1.84. The van der Waals surface area contributed by atoms with E-state index >= 15 is 0 Å². The third-order valence-corrected chi connectivity index (χ3v) is 2.21. The molecule has 0 radical (unpaired) electrons. The van der Waals surface area contributed by atoms with Crippen LogP contribution in [-0.2, 0) is 14.3 Å². The summed E-state index contributed by atoms with van der Waals surface area (Å²) in [5.74, 6) is -1.08. The molecule has 0 spiro atoms. The molecule has 104 valence electrons. The minimum absolute atomic E-state index is 0.0936. The summed E-state index contributed by atoms with van der Waals surface area (Å²) >= 11 is 0. The number of hydrogen-bond acceptors (Lipinski definition) is 6. The number of Topliss-reactive ketones (excluding diaryl/α,β-unsaturated/α-hetero) is 1. The van der Waals surface area contributed by atoms with E-state index in [0.717, 1.165) is 12.8 Å². The van der Waals surface area contributed by atoms with Crippen molar-refractivity contribution in [3.8, 4) is 0 Å². The summed E-state index contributed by atoms with van der Waals surface area (Å²) < 4.78 is 4.78. The lowest BCUT2D eigenvalue weighted by Crippen LogP contribution is -2.20. The second kappa shape index (κ2) is 9.52. The van der Waals surface area contributed by atoms with Crippen molar-refractivity contribution < 1.29 is 24.4 Å². The summed E-state index contributed by atoms with van der Waals surface area (Å²) in [6, 6.07) is 0. The van der Waals surface area contributed by atoms with Crippen LogP contribution in [0, 0.1) is 10.1 Å². The molecule has 18 heavy (non-hydrogen) atoms. The molecule has 0 saturated carbocycles. The Balaban J connectivity index is 3.74. The van der Waals surface area contributed by atoms with Crippen LogP contribution in [0.2, 0.25) is 0 Å². The van der Waals surface area contributed by atoms with Gasteiger partial charge in [-0.05, 0) is 6.42 Å². The van der Waals surface area contributed by atoms with Crippen molar-refractivity contribution >= 4 is 11.8 Å². The highest BCUT2D eigenvalue weighted by Gasteiger charge is 2.16. The zero-order chi connectivity index (χ0) is 14.0. The van der Waals surface area contributed by atoms with Crippen molar-refractivity contribution in [3.63, 3.8) is 0 Å². The van der Waals surface area contributed by atoms with Crippen LogP contribution in [0.15, 0.2) is 0 Å². The van der Waals surface area contributed by atoms with Gasteiger partial charge in [0.2, 0.25) is 6.54 Å². The van der Waals surface area contributed by atoms with Gasteiger partial charge in [-0.15, -0.1) is 0 Å². The molecule has 0 fully saturated rings. The number of ketones is 1. The number of esters is 1. The number of aliphatic hydroxyl groups is 1. The number of carbonyl (C=O) groups excluding carboxylic acids is 2. The minimum atomic E-state index is -1.08. The number of nitro groups is 1. The zero-order valence-corrected chi connectivity index (χ0v) is 10.5. The monoisotopic (exact) mass is 261 g/mol. The summed E-state index contributed by atoms with van der Waals surface area (Å²) in [5.41, 5.74) is 0. The molecule has 7 nitrogen and oxygen atoms in total. The molecule has 0 unspecified atom stereocenters. The van der Waals surface area contributed by atoms with E-state index in [2.05, 4.69) is 0 Å². The molecule has 0 heterocycles. The Kier molecular flexibility index (Phi) is 8.73. The first-order valence-corrected chi connectivity index (χ1v) is 5.92. The van der Waals surface area contributed by atoms with E-state index in [-0.39, 0.29) is 25.9 Å². The average molecular weight is 261 g/mol. The Morgan fingerprint density at radius 3 is 2.67 bits per heavy atom. The van der Waals surface area contributed by atoms with E-state index in [1.165, 1.54) is 0 Å². The van der Waals surface area contributed by atoms with E-state index in [1.807, 2.05) is 6.92 Å². The number of aliphatic hydroxyl groups excluding tert-OH is 1. The van der Waals surface area contributed by atoms with Crippen LogP contribution in [0.25, 0.3) is 0 Å². The highest BCUT2D eigenvalue weighted by Crippen LogP contribution is 2.03. The Morgan fingerprint density at radius 1 is 1.44 bits per heavy atom. The maximum atomic E-state index is 11.3. The number of rotatable bonds is 10. The van der Waals surface area contributed by atoms with Crippen LogP contribution in [0.5, 0.6) is 0 Å². The van der Waals surface area contributed by atoms with Crippen molar-refractivity contribution in [3.05, 3.63) is 10.1 Å². The number of unbranched alkanes of at least 4 members (excludes halogenated alkanes) is 1. The quantitative estimate of drug-likeness (QED) is 0.204. The van der Waals surface area contributed by atoms with Gasteiger partial charge in [-0.25, -0.2) is 0 Å². The third kappa shape index (κ3) is 9.71. The summed E-state index contributed by atoms with van der Waals surface area (Å²) in [4.78, 5) is 31.9. The predicted molar refractivity (Wildman–Crippen MR) is 62.6 cm³/mol. The highest BCUT2D eigenvalue weighted by atomic mass is 16.6. The summed E-state index contributed by atoms with van der Waals surface area (Å²) in [5, 5.41) is 19.4. The largest absolute Gasteiger partial charge is 0.465 e. The fraction of sp³-hybridized carbons (Fsp3) is 0.818. The second-order valence-corrected chi connectivity index (χ2v) is 3.99. The Morgan fingerprint density at radius 2 is 2.11 bits per heavy atom. The summed E-state index contributed by atoms with van der Waals surface area (Å²) in [7, 11) is 0. The van der Waals surface area contributed by atoms with Crippen LogP contribution < -0.4 is 0 Å². The molecule has 0 aromatic rings. The molecule has 0 amide bonds. The molecule has 7 heteroatoms. The average Bonchev–Trinajstić information content (AvgIpc) is 2.26. The standard InChI is InChI=1S/C11H19NO6/c1-2-3-6-18-11(15)8-10(14)7-9(13)4-5-12(16)17/h9,13H,2-8H2,1H3/t9-/m1/s1. The molecule has 0 rings (SSSR count). The van der Waals surface area contributed by atoms with Crippen LogP contribution in [0.1, 0.15) is 39.0 Å². The minimum Gasteiger partial charge on any atom is -0.465 e. The summed E-state index contributed by atoms with van der Waals surface area (Å²) in [6.07, 6.45) is -0.183. The van der Waals surface area contributed by atoms with Crippen molar-refractivity contribution in [1.29, 1.82) is 0 Å². The first kappa shape index (κ1) is 16.5. The van der Waals surface area contributed by atoms with E-state index in [0.29, 0.717) is 0 Å². The van der Waals surface area contributed by atoms with Gasteiger partial charge < -0.3 is 9.84 Å². The van der Waals surface area contributed by atoms with Gasteiger partial charge in [0.15, 0.2) is 0 Å². The number of carbonyl (C=O) groups is 2. The van der Waals surface area contributed by atoms with Gasteiger partial charge >= 0.3 is 5.97 Å². The van der Waals surface area contributed by atoms with Crippen LogP contribution >= 0.6 is 0 Å². The predicted octanol–water partition coefficient (Wildman–Crippen LogP) is 0.707. The number of nitrogens with zero attached hydrogens (tertiary/aromatic N) is 1. The third-order valence-electron chi connectivity index (χ3n) is 2.21. The number of hydrogen-bond donors (Lipinski definition) is 1. The maximum absolute atomic E-state index is 11.3. The molecule has 0 aliphatic rings. The Labute approximate surface area is 105 Å². The lowest BCUT2D eigenvalue weighted by molar-refractivity contribution is -0.481. The number of ether oxygens (including phenoxy) is 1. The van der Waals surface area contributed by atoms with E-state index < -0.39 is 29.3 Å². The SMILES string of the molecule is CCCCOC(=O)CC(=O)C[C@H](O)CC[N+](=O)[O-]. The molecular formula is C11H19NO6. The van der Waals surface area contributed by atoms with Gasteiger partial charge in [0, 0.05) is 17.8 Å². The fourth-order valence-electron chi connectivity index (χ4n) is 1.23. The smallest absolute Gasteiger partial charge is 0.313 e. The molecule has 1 atom stereocenters. The Bertz CT molecular complexity index is 291. The molecule has 0 saturated heterocycles. The van der Waals surface area contributed by atoms with Crippen LogP contribution in [0.3, 0.4) is 0 Å². The molecule has 0 aromatic heterocycles. The topological polar surface area (TPSA) is 107 Å². The molecule has 1 N–H and O–H groups in total.